The smallest absolute Gasteiger partial charge is 0.224 e. The van der Waals surface area contributed by atoms with Crippen molar-refractivity contribution in [2.75, 3.05) is 27.7 Å². The Labute approximate surface area is 105 Å². The summed E-state index contributed by atoms with van der Waals surface area (Å²) in [6.45, 7) is 4.60. The first-order chi connectivity index (χ1) is 7.66. The Balaban J connectivity index is 2.53. The van der Waals surface area contributed by atoms with Crippen molar-refractivity contribution < 1.29 is 4.79 Å². The van der Waals surface area contributed by atoms with Crippen LogP contribution in [0.5, 0.6) is 0 Å². The van der Waals surface area contributed by atoms with Gasteiger partial charge in [-0.2, -0.15) is 0 Å². The zero-order chi connectivity index (χ0) is 13.3. The van der Waals surface area contributed by atoms with Crippen LogP contribution in [0.2, 0.25) is 0 Å². The summed E-state index contributed by atoms with van der Waals surface area (Å²) >= 11 is 0. The standard InChI is InChI=1S/C13H27N3O/c1-12(2,14)9-11(17)16(5)10-13(15(3)4)7-6-8-13/h6-10,14H2,1-5H3. The summed E-state index contributed by atoms with van der Waals surface area (Å²) in [5, 5.41) is 0. The summed E-state index contributed by atoms with van der Waals surface area (Å²) in [6.07, 6.45) is 4.04. The van der Waals surface area contributed by atoms with Gasteiger partial charge in [0.25, 0.3) is 0 Å². The number of nitrogens with zero attached hydrogens (tertiary/aromatic N) is 2. The molecule has 4 nitrogen and oxygen atoms in total. The zero-order valence-corrected chi connectivity index (χ0v) is 11.9. The van der Waals surface area contributed by atoms with Crippen molar-refractivity contribution >= 4 is 5.91 Å². The third kappa shape index (κ3) is 3.68. The minimum atomic E-state index is -0.420. The highest BCUT2D eigenvalue weighted by molar-refractivity contribution is 5.77. The van der Waals surface area contributed by atoms with Gasteiger partial charge in [-0.05, 0) is 47.2 Å². The number of amides is 1. The highest BCUT2D eigenvalue weighted by atomic mass is 16.2. The van der Waals surface area contributed by atoms with Crippen molar-refractivity contribution in [3.8, 4) is 0 Å². The molecule has 2 N–H and O–H groups in total. The molecule has 100 valence electrons. The molecular formula is C13H27N3O. The fourth-order valence-electron chi connectivity index (χ4n) is 2.39. The molecule has 0 aliphatic heterocycles. The molecule has 1 fully saturated rings. The quantitative estimate of drug-likeness (QED) is 0.783. The maximum atomic E-state index is 12.0. The lowest BCUT2D eigenvalue weighted by atomic mass is 9.75. The fourth-order valence-corrected chi connectivity index (χ4v) is 2.39. The molecule has 1 aliphatic rings. The molecule has 1 rings (SSSR count). The Morgan fingerprint density at radius 3 is 2.12 bits per heavy atom. The molecular weight excluding hydrogens is 214 g/mol. The molecule has 0 bridgehead atoms. The van der Waals surface area contributed by atoms with Gasteiger partial charge in [0.2, 0.25) is 5.91 Å². The maximum absolute atomic E-state index is 12.0. The molecule has 0 aromatic rings. The van der Waals surface area contributed by atoms with E-state index in [-0.39, 0.29) is 11.4 Å². The SMILES string of the molecule is CN(CC1(N(C)C)CCC1)C(=O)CC(C)(C)N. The Hall–Kier alpha value is -0.610. The molecule has 0 saturated heterocycles. The summed E-state index contributed by atoms with van der Waals surface area (Å²) < 4.78 is 0. The molecule has 0 spiro atoms. The molecule has 0 aromatic carbocycles. The molecule has 0 radical (unpaired) electrons. The van der Waals surface area contributed by atoms with E-state index in [9.17, 15) is 4.79 Å². The highest BCUT2D eigenvalue weighted by Crippen LogP contribution is 2.36. The van der Waals surface area contributed by atoms with Crippen LogP contribution in [0.25, 0.3) is 0 Å². The van der Waals surface area contributed by atoms with Gasteiger partial charge in [-0.15, -0.1) is 0 Å². The van der Waals surface area contributed by atoms with Gasteiger partial charge in [-0.1, -0.05) is 0 Å². The second kappa shape index (κ2) is 4.94. The van der Waals surface area contributed by atoms with E-state index in [1.165, 1.54) is 19.3 Å². The van der Waals surface area contributed by atoms with Crippen LogP contribution in [-0.2, 0) is 4.79 Å². The lowest BCUT2D eigenvalue weighted by Gasteiger charge is -2.49. The molecule has 1 amide bonds. The molecule has 0 atom stereocenters. The van der Waals surface area contributed by atoms with Gasteiger partial charge < -0.3 is 15.5 Å². The number of carbonyl (C=O) groups excluding carboxylic acids is 1. The van der Waals surface area contributed by atoms with Crippen LogP contribution >= 0.6 is 0 Å². The van der Waals surface area contributed by atoms with E-state index < -0.39 is 5.54 Å². The largest absolute Gasteiger partial charge is 0.344 e. The summed E-state index contributed by atoms with van der Waals surface area (Å²) in [7, 11) is 6.09. The zero-order valence-electron chi connectivity index (χ0n) is 11.9. The van der Waals surface area contributed by atoms with E-state index >= 15 is 0 Å². The Kier molecular flexibility index (Phi) is 4.20. The molecule has 0 unspecified atom stereocenters. The lowest BCUT2D eigenvalue weighted by Crippen LogP contribution is -2.58. The summed E-state index contributed by atoms with van der Waals surface area (Å²) in [5.74, 6) is 0.144. The first kappa shape index (κ1) is 14.5. The lowest BCUT2D eigenvalue weighted by molar-refractivity contribution is -0.133. The predicted octanol–water partition coefficient (Wildman–Crippen LogP) is 1.06. The van der Waals surface area contributed by atoms with Gasteiger partial charge in [0, 0.05) is 31.1 Å². The molecule has 4 heteroatoms. The van der Waals surface area contributed by atoms with E-state index in [0.29, 0.717) is 6.42 Å². The van der Waals surface area contributed by atoms with Crippen LogP contribution in [0.4, 0.5) is 0 Å². The van der Waals surface area contributed by atoms with Crippen LogP contribution in [0.1, 0.15) is 39.5 Å². The molecule has 1 aliphatic carbocycles. The fraction of sp³-hybridized carbons (Fsp3) is 0.923. The number of carbonyl (C=O) groups is 1. The van der Waals surface area contributed by atoms with Gasteiger partial charge in [0.1, 0.15) is 0 Å². The minimum Gasteiger partial charge on any atom is -0.344 e. The molecule has 1 saturated carbocycles. The number of rotatable bonds is 5. The average Bonchev–Trinajstić information content (AvgIpc) is 2.07. The van der Waals surface area contributed by atoms with E-state index in [0.717, 1.165) is 6.54 Å². The van der Waals surface area contributed by atoms with E-state index in [1.54, 1.807) is 0 Å². The van der Waals surface area contributed by atoms with E-state index in [1.807, 2.05) is 25.8 Å². The van der Waals surface area contributed by atoms with Gasteiger partial charge in [-0.3, -0.25) is 4.79 Å². The van der Waals surface area contributed by atoms with Crippen molar-refractivity contribution in [3.63, 3.8) is 0 Å². The third-order valence-corrected chi connectivity index (χ3v) is 3.80. The summed E-state index contributed by atoms with van der Waals surface area (Å²) in [4.78, 5) is 16.1. The van der Waals surface area contributed by atoms with Gasteiger partial charge >= 0.3 is 0 Å². The minimum absolute atomic E-state index is 0.144. The predicted molar refractivity (Wildman–Crippen MR) is 70.8 cm³/mol. The number of nitrogens with two attached hydrogens (primary N) is 1. The Morgan fingerprint density at radius 2 is 1.82 bits per heavy atom. The average molecular weight is 241 g/mol. The summed E-state index contributed by atoms with van der Waals surface area (Å²) in [5.41, 5.74) is 5.66. The molecule has 0 heterocycles. The van der Waals surface area contributed by atoms with Crippen LogP contribution in [0.15, 0.2) is 0 Å². The molecule has 0 aromatic heterocycles. The van der Waals surface area contributed by atoms with Crippen molar-refractivity contribution in [1.29, 1.82) is 0 Å². The number of likely N-dealkylation sites (N-methyl/N-ethyl adjacent to an activating group) is 2. The van der Waals surface area contributed by atoms with Crippen molar-refractivity contribution in [2.45, 2.75) is 50.6 Å². The topological polar surface area (TPSA) is 49.6 Å². The van der Waals surface area contributed by atoms with Crippen LogP contribution < -0.4 is 5.73 Å². The maximum Gasteiger partial charge on any atom is 0.224 e. The first-order valence-corrected chi connectivity index (χ1v) is 6.37. The third-order valence-electron chi connectivity index (χ3n) is 3.80. The Morgan fingerprint density at radius 1 is 1.29 bits per heavy atom. The van der Waals surface area contributed by atoms with Crippen LogP contribution in [0, 0.1) is 0 Å². The van der Waals surface area contributed by atoms with Crippen LogP contribution in [0.3, 0.4) is 0 Å². The monoisotopic (exact) mass is 241 g/mol. The van der Waals surface area contributed by atoms with Crippen molar-refractivity contribution in [2.24, 2.45) is 5.73 Å². The summed E-state index contributed by atoms with van der Waals surface area (Å²) in [6, 6.07) is 0. The molecule has 17 heavy (non-hydrogen) atoms. The van der Waals surface area contributed by atoms with E-state index in [4.69, 9.17) is 5.73 Å². The van der Waals surface area contributed by atoms with Gasteiger partial charge in [-0.25, -0.2) is 0 Å². The van der Waals surface area contributed by atoms with Gasteiger partial charge in [0.05, 0.1) is 0 Å². The highest BCUT2D eigenvalue weighted by Gasteiger charge is 2.40. The second-order valence-corrected chi connectivity index (χ2v) is 6.39. The normalized spacial score (nSPS) is 19.0. The van der Waals surface area contributed by atoms with Crippen molar-refractivity contribution in [3.05, 3.63) is 0 Å². The van der Waals surface area contributed by atoms with Crippen molar-refractivity contribution in [1.82, 2.24) is 9.80 Å². The van der Waals surface area contributed by atoms with E-state index in [2.05, 4.69) is 19.0 Å². The van der Waals surface area contributed by atoms with Gasteiger partial charge in [0.15, 0.2) is 0 Å². The Bertz CT molecular complexity index is 277. The van der Waals surface area contributed by atoms with Crippen LogP contribution in [-0.4, -0.2) is 54.5 Å². The number of hydrogen-bond acceptors (Lipinski definition) is 3. The number of hydrogen-bond donors (Lipinski definition) is 1. The second-order valence-electron chi connectivity index (χ2n) is 6.39. The first-order valence-electron chi connectivity index (χ1n) is 6.37.